The second-order valence-corrected chi connectivity index (χ2v) is 6.92. The number of aromatic nitrogens is 3. The maximum Gasteiger partial charge on any atom is 0.229 e. The van der Waals surface area contributed by atoms with Crippen molar-refractivity contribution in [2.75, 3.05) is 24.6 Å². The van der Waals surface area contributed by atoms with Gasteiger partial charge in [0.1, 0.15) is 11.8 Å². The molecule has 1 N–H and O–H groups in total. The monoisotopic (exact) mass is 340 g/mol. The summed E-state index contributed by atoms with van der Waals surface area (Å²) >= 11 is 0. The molecule has 0 aromatic carbocycles. The number of hydrogen-bond donors (Lipinski definition) is 1. The van der Waals surface area contributed by atoms with Crippen molar-refractivity contribution in [3.05, 3.63) is 23.1 Å². The highest BCUT2D eigenvalue weighted by atomic mass is 16.3. The van der Waals surface area contributed by atoms with Crippen LogP contribution in [0.5, 0.6) is 0 Å². The van der Waals surface area contributed by atoms with E-state index in [0.29, 0.717) is 23.8 Å². The normalized spacial score (nSPS) is 14.0. The van der Waals surface area contributed by atoms with Crippen molar-refractivity contribution in [3.8, 4) is 0 Å². The Morgan fingerprint density at radius 1 is 1.24 bits per heavy atom. The molecule has 0 unspecified atom stereocenters. The van der Waals surface area contributed by atoms with E-state index < -0.39 is 0 Å². The summed E-state index contributed by atoms with van der Waals surface area (Å²) in [5.74, 6) is 1.11. The maximum atomic E-state index is 9.34. The van der Waals surface area contributed by atoms with Crippen LogP contribution in [0.4, 0.5) is 5.82 Å². The van der Waals surface area contributed by atoms with E-state index in [1.54, 1.807) is 6.33 Å². The highest BCUT2D eigenvalue weighted by Crippen LogP contribution is 2.40. The second kappa shape index (κ2) is 6.26. The van der Waals surface area contributed by atoms with Gasteiger partial charge in [-0.25, -0.2) is 15.0 Å². The van der Waals surface area contributed by atoms with Crippen LogP contribution in [0.25, 0.3) is 22.2 Å². The number of rotatable bonds is 5. The molecule has 1 aliphatic rings. The van der Waals surface area contributed by atoms with Crippen LogP contribution in [0.15, 0.2) is 10.7 Å². The number of aryl methyl sites for hydroxylation is 1. The minimum absolute atomic E-state index is 0.0741. The Hall–Kier alpha value is -2.21. The third kappa shape index (κ3) is 2.47. The van der Waals surface area contributed by atoms with E-state index in [9.17, 15) is 5.11 Å². The number of hydrogen-bond acceptors (Lipinski definition) is 6. The lowest BCUT2D eigenvalue weighted by molar-refractivity contribution is 0.302. The first kappa shape index (κ1) is 16.3. The number of fused-ring (bicyclic) bond motifs is 5. The van der Waals surface area contributed by atoms with E-state index in [1.165, 1.54) is 11.1 Å². The van der Waals surface area contributed by atoms with Gasteiger partial charge in [0, 0.05) is 13.1 Å². The Morgan fingerprint density at radius 2 is 2.04 bits per heavy atom. The number of nitrogens with zero attached hydrogens (tertiary/aromatic N) is 4. The number of furan rings is 1. The van der Waals surface area contributed by atoms with Crippen LogP contribution in [0, 0.1) is 0 Å². The quantitative estimate of drug-likeness (QED) is 0.769. The molecule has 25 heavy (non-hydrogen) atoms. The smallest absolute Gasteiger partial charge is 0.229 e. The number of pyridine rings is 1. The summed E-state index contributed by atoms with van der Waals surface area (Å²) in [7, 11) is 0. The predicted molar refractivity (Wildman–Crippen MR) is 98.2 cm³/mol. The zero-order valence-electron chi connectivity index (χ0n) is 15.0. The fraction of sp³-hybridized carbons (Fsp3) is 0.526. The van der Waals surface area contributed by atoms with Crippen LogP contribution in [-0.2, 0) is 12.8 Å². The molecule has 6 heteroatoms. The van der Waals surface area contributed by atoms with Crippen LogP contribution in [0.1, 0.15) is 49.9 Å². The Balaban J connectivity index is 2.02. The molecule has 0 saturated carbocycles. The summed E-state index contributed by atoms with van der Waals surface area (Å²) in [6, 6.07) is 0. The van der Waals surface area contributed by atoms with E-state index >= 15 is 0 Å². The number of aliphatic hydroxyl groups is 1. The minimum Gasteiger partial charge on any atom is -0.432 e. The molecule has 3 aromatic heterocycles. The first-order valence-electron chi connectivity index (χ1n) is 9.10. The summed E-state index contributed by atoms with van der Waals surface area (Å²) in [6.07, 6.45) is 4.88. The van der Waals surface area contributed by atoms with Crippen LogP contribution in [0.2, 0.25) is 0 Å². The topological polar surface area (TPSA) is 75.3 Å². The maximum absolute atomic E-state index is 9.34. The van der Waals surface area contributed by atoms with Crippen molar-refractivity contribution in [2.45, 2.75) is 46.0 Å². The third-order valence-corrected chi connectivity index (χ3v) is 5.08. The molecule has 0 saturated heterocycles. The van der Waals surface area contributed by atoms with E-state index in [-0.39, 0.29) is 6.61 Å². The zero-order valence-corrected chi connectivity index (χ0v) is 15.0. The van der Waals surface area contributed by atoms with Crippen molar-refractivity contribution in [3.63, 3.8) is 0 Å². The molecular weight excluding hydrogens is 316 g/mol. The lowest BCUT2D eigenvalue weighted by Crippen LogP contribution is -2.27. The van der Waals surface area contributed by atoms with Crippen LogP contribution >= 0.6 is 0 Å². The highest BCUT2D eigenvalue weighted by molar-refractivity contribution is 6.06. The standard InChI is InChI=1S/C19H24N4O2/c1-4-23(8-9-24)18-17-16(20-10-21-18)14-12-6-5-7-13(12)15(11(2)3)22-19(14)25-17/h10-11,24H,4-9H2,1-3H3. The van der Waals surface area contributed by atoms with E-state index in [2.05, 4.69) is 23.8 Å². The van der Waals surface area contributed by atoms with Gasteiger partial charge in [-0.1, -0.05) is 13.8 Å². The zero-order chi connectivity index (χ0) is 17.6. The van der Waals surface area contributed by atoms with Gasteiger partial charge in [0.2, 0.25) is 5.71 Å². The Kier molecular flexibility index (Phi) is 4.07. The van der Waals surface area contributed by atoms with Crippen LogP contribution < -0.4 is 4.90 Å². The first-order chi connectivity index (χ1) is 12.2. The van der Waals surface area contributed by atoms with Gasteiger partial charge in [0.15, 0.2) is 11.4 Å². The lowest BCUT2D eigenvalue weighted by Gasteiger charge is -2.20. The average Bonchev–Trinajstić information content (AvgIpc) is 3.22. The average molecular weight is 340 g/mol. The Morgan fingerprint density at radius 3 is 2.76 bits per heavy atom. The summed E-state index contributed by atoms with van der Waals surface area (Å²) in [5.41, 5.74) is 6.07. The van der Waals surface area contributed by atoms with Gasteiger partial charge in [0.25, 0.3) is 0 Å². The number of anilines is 1. The molecule has 3 aromatic rings. The third-order valence-electron chi connectivity index (χ3n) is 5.08. The van der Waals surface area contributed by atoms with E-state index in [0.717, 1.165) is 48.2 Å². The summed E-state index contributed by atoms with van der Waals surface area (Å²) < 4.78 is 6.17. The summed E-state index contributed by atoms with van der Waals surface area (Å²) in [6.45, 7) is 7.74. The number of likely N-dealkylation sites (N-methyl/N-ethyl adjacent to an activating group) is 1. The molecule has 0 amide bonds. The van der Waals surface area contributed by atoms with Crippen LogP contribution in [0.3, 0.4) is 0 Å². The van der Waals surface area contributed by atoms with Gasteiger partial charge in [-0.15, -0.1) is 0 Å². The van der Waals surface area contributed by atoms with Crippen molar-refractivity contribution in [1.82, 2.24) is 15.0 Å². The molecule has 0 atom stereocenters. The van der Waals surface area contributed by atoms with Crippen molar-refractivity contribution < 1.29 is 9.52 Å². The lowest BCUT2D eigenvalue weighted by atomic mass is 9.99. The van der Waals surface area contributed by atoms with E-state index in [1.807, 2.05) is 11.8 Å². The molecule has 6 nitrogen and oxygen atoms in total. The number of aliphatic hydroxyl groups excluding tert-OH is 1. The van der Waals surface area contributed by atoms with Gasteiger partial charge < -0.3 is 14.4 Å². The fourth-order valence-electron chi connectivity index (χ4n) is 3.95. The Bertz CT molecular complexity index is 932. The molecule has 0 fully saturated rings. The molecule has 132 valence electrons. The summed E-state index contributed by atoms with van der Waals surface area (Å²) in [4.78, 5) is 15.8. The first-order valence-corrected chi connectivity index (χ1v) is 9.10. The summed E-state index contributed by atoms with van der Waals surface area (Å²) in [5, 5.41) is 10.4. The molecule has 0 bridgehead atoms. The van der Waals surface area contributed by atoms with Crippen molar-refractivity contribution in [1.29, 1.82) is 0 Å². The van der Waals surface area contributed by atoms with Crippen molar-refractivity contribution >= 4 is 28.0 Å². The van der Waals surface area contributed by atoms with E-state index in [4.69, 9.17) is 9.40 Å². The Labute approximate surface area is 146 Å². The fourth-order valence-corrected chi connectivity index (χ4v) is 3.95. The largest absolute Gasteiger partial charge is 0.432 e. The van der Waals surface area contributed by atoms with Crippen molar-refractivity contribution in [2.24, 2.45) is 0 Å². The SMILES string of the molecule is CCN(CCO)c1ncnc2c1oc1nc(C(C)C)c3c(c12)CCC3. The molecule has 1 aliphatic carbocycles. The van der Waals surface area contributed by atoms with Gasteiger partial charge in [-0.2, -0.15) is 0 Å². The second-order valence-electron chi connectivity index (χ2n) is 6.92. The van der Waals surface area contributed by atoms with Gasteiger partial charge in [-0.3, -0.25) is 0 Å². The molecule has 0 radical (unpaired) electrons. The van der Waals surface area contributed by atoms with Crippen LogP contribution in [-0.4, -0.2) is 39.8 Å². The van der Waals surface area contributed by atoms with Gasteiger partial charge >= 0.3 is 0 Å². The molecule has 3 heterocycles. The van der Waals surface area contributed by atoms with Gasteiger partial charge in [-0.05, 0) is 43.2 Å². The molecule has 4 rings (SSSR count). The highest BCUT2D eigenvalue weighted by Gasteiger charge is 2.27. The molecule has 0 spiro atoms. The minimum atomic E-state index is 0.0741. The molecule has 0 aliphatic heterocycles. The predicted octanol–water partition coefficient (Wildman–Crippen LogP) is 3.20. The van der Waals surface area contributed by atoms with Gasteiger partial charge in [0.05, 0.1) is 17.7 Å². The molecular formula is C19H24N4O2.